The molecule has 0 fully saturated rings. The summed E-state index contributed by atoms with van der Waals surface area (Å²) in [5.74, 6) is 0.409. The van der Waals surface area contributed by atoms with Gasteiger partial charge in [-0.2, -0.15) is 0 Å². The Labute approximate surface area is 386 Å². The largest absolute Gasteiger partial charge is 0.313 e. The molecule has 5 nitrogen and oxygen atoms in total. The molecule has 0 saturated heterocycles. The van der Waals surface area contributed by atoms with Crippen molar-refractivity contribution in [3.63, 3.8) is 0 Å². The summed E-state index contributed by atoms with van der Waals surface area (Å²) in [5, 5.41) is 8.55. The third-order valence-electron chi connectivity index (χ3n) is 14.4. The second-order valence-electron chi connectivity index (χ2n) is 18.1. The molecule has 9 aromatic carbocycles. The molecular formula is C62H42N4O. The first-order chi connectivity index (χ1) is 33.1. The fourth-order valence-electron chi connectivity index (χ4n) is 11.4. The van der Waals surface area contributed by atoms with Gasteiger partial charge in [0.05, 0.1) is 38.6 Å². The Morgan fingerprint density at radius 3 is 1.18 bits per heavy atom. The SMILES string of the molecule is CC1CC=Cc2c1n(-c1ccc3c(c1)c1ccccc1n3-c1ccc(C(=O)c3ccc(-n4c5ccccc5c5cc(-n6c7ccccc7c7ccccc76)ccc54)cc3)cc1)c1ccccc21. The molecule has 0 radical (unpaired) electrons. The summed E-state index contributed by atoms with van der Waals surface area (Å²) >= 11 is 0. The number of hydrogen-bond donors (Lipinski definition) is 0. The third kappa shape index (κ3) is 5.52. The van der Waals surface area contributed by atoms with E-state index < -0.39 is 0 Å². The second-order valence-corrected chi connectivity index (χ2v) is 18.1. The molecule has 4 aromatic heterocycles. The fourth-order valence-corrected chi connectivity index (χ4v) is 11.4. The molecule has 0 N–H and O–H groups in total. The molecule has 4 heterocycles. The summed E-state index contributed by atoms with van der Waals surface area (Å²) in [6, 6.07) is 73.1. The van der Waals surface area contributed by atoms with Crippen molar-refractivity contribution in [2.75, 3.05) is 0 Å². The van der Waals surface area contributed by atoms with E-state index in [1.165, 1.54) is 71.2 Å². The first kappa shape index (κ1) is 37.7. The molecular weight excluding hydrogens is 817 g/mol. The first-order valence-electron chi connectivity index (χ1n) is 23.2. The molecule has 0 bridgehead atoms. The molecule has 0 amide bonds. The lowest BCUT2D eigenvalue weighted by molar-refractivity contribution is 0.103. The van der Waals surface area contributed by atoms with Gasteiger partial charge < -0.3 is 18.3 Å². The number of carbonyl (C=O) groups is 1. The Hall–Kier alpha value is -8.67. The number of carbonyl (C=O) groups excluding carboxylic acids is 1. The van der Waals surface area contributed by atoms with Gasteiger partial charge in [-0.3, -0.25) is 4.79 Å². The van der Waals surface area contributed by atoms with Gasteiger partial charge >= 0.3 is 0 Å². The summed E-state index contributed by atoms with van der Waals surface area (Å²) in [6.45, 7) is 2.33. The van der Waals surface area contributed by atoms with Crippen LogP contribution in [0, 0.1) is 0 Å². The predicted octanol–water partition coefficient (Wildman–Crippen LogP) is 15.7. The van der Waals surface area contributed by atoms with Gasteiger partial charge in [-0.1, -0.05) is 110 Å². The van der Waals surface area contributed by atoms with Gasteiger partial charge in [0.25, 0.3) is 0 Å². The number of para-hydroxylation sites is 5. The Balaban J connectivity index is 0.802. The Kier molecular flexibility index (Phi) is 8.11. The van der Waals surface area contributed by atoms with E-state index in [4.69, 9.17) is 0 Å². The lowest BCUT2D eigenvalue weighted by atomic mass is 9.93. The van der Waals surface area contributed by atoms with Crippen molar-refractivity contribution in [2.45, 2.75) is 19.3 Å². The van der Waals surface area contributed by atoms with Gasteiger partial charge in [-0.05, 0) is 122 Å². The van der Waals surface area contributed by atoms with Crippen LogP contribution in [0.2, 0.25) is 0 Å². The van der Waals surface area contributed by atoms with E-state index in [0.29, 0.717) is 17.0 Å². The molecule has 5 heteroatoms. The van der Waals surface area contributed by atoms with E-state index in [-0.39, 0.29) is 5.78 Å². The highest BCUT2D eigenvalue weighted by atomic mass is 16.1. The van der Waals surface area contributed by atoms with Crippen molar-refractivity contribution < 1.29 is 4.79 Å². The second kappa shape index (κ2) is 14.4. The van der Waals surface area contributed by atoms with E-state index in [0.717, 1.165) is 45.5 Å². The Morgan fingerprint density at radius 2 is 0.716 bits per heavy atom. The summed E-state index contributed by atoms with van der Waals surface area (Å²) in [4.78, 5) is 14.2. The molecule has 14 rings (SSSR count). The molecule has 0 aliphatic heterocycles. The number of allylic oxidation sites excluding steroid dienone is 1. The number of hydrogen-bond acceptors (Lipinski definition) is 1. The zero-order chi connectivity index (χ0) is 44.3. The van der Waals surface area contributed by atoms with E-state index in [9.17, 15) is 4.79 Å². The van der Waals surface area contributed by atoms with Crippen molar-refractivity contribution in [2.24, 2.45) is 0 Å². The first-order valence-corrected chi connectivity index (χ1v) is 23.2. The smallest absolute Gasteiger partial charge is 0.193 e. The minimum absolute atomic E-state index is 0.00522. The van der Waals surface area contributed by atoms with Crippen molar-refractivity contribution >= 4 is 88.2 Å². The van der Waals surface area contributed by atoms with Crippen molar-refractivity contribution in [1.82, 2.24) is 18.3 Å². The lowest BCUT2D eigenvalue weighted by Crippen LogP contribution is -2.07. The maximum atomic E-state index is 14.2. The lowest BCUT2D eigenvalue weighted by Gasteiger charge is -2.19. The standard InChI is InChI=1S/C62H42N4O/c1-39-13-12-19-51-48-16-4-11-24-58(48)66(61(39)51)45-34-36-60-53(38-45)50-18-6-10-23-57(50)64(60)43-31-27-41(28-32-43)62(67)40-25-29-42(30-26-40)63-56-22-9-5-17-49(56)52-37-44(33-35-59(52)63)65-54-20-7-2-14-46(54)47-15-3-8-21-55(47)65/h2-12,14-39H,13H2,1H3. The van der Waals surface area contributed by atoms with Crippen LogP contribution in [0.4, 0.5) is 0 Å². The molecule has 316 valence electrons. The Morgan fingerprint density at radius 1 is 0.373 bits per heavy atom. The van der Waals surface area contributed by atoms with Crippen LogP contribution in [0.5, 0.6) is 0 Å². The van der Waals surface area contributed by atoms with Crippen LogP contribution in [0.1, 0.15) is 46.4 Å². The van der Waals surface area contributed by atoms with Crippen molar-refractivity contribution in [1.29, 1.82) is 0 Å². The highest BCUT2D eigenvalue weighted by molar-refractivity contribution is 6.14. The van der Waals surface area contributed by atoms with Crippen LogP contribution >= 0.6 is 0 Å². The molecule has 67 heavy (non-hydrogen) atoms. The minimum atomic E-state index is -0.00522. The van der Waals surface area contributed by atoms with Gasteiger partial charge in [-0.15, -0.1) is 0 Å². The van der Waals surface area contributed by atoms with Crippen molar-refractivity contribution in [3.05, 3.63) is 235 Å². The number of rotatable bonds is 6. The normalized spacial score (nSPS) is 13.8. The summed E-state index contributed by atoms with van der Waals surface area (Å²) in [5.41, 5.74) is 16.4. The van der Waals surface area contributed by atoms with E-state index in [1.54, 1.807) is 0 Å². The number of benzene rings is 9. The zero-order valence-corrected chi connectivity index (χ0v) is 36.8. The minimum Gasteiger partial charge on any atom is -0.313 e. The summed E-state index contributed by atoms with van der Waals surface area (Å²) in [7, 11) is 0. The van der Waals surface area contributed by atoms with Gasteiger partial charge in [-0.25, -0.2) is 0 Å². The van der Waals surface area contributed by atoms with E-state index in [2.05, 4.69) is 219 Å². The van der Waals surface area contributed by atoms with Crippen LogP contribution in [-0.4, -0.2) is 24.1 Å². The zero-order valence-electron chi connectivity index (χ0n) is 36.8. The number of fused-ring (bicyclic) bond motifs is 12. The number of nitrogens with zero attached hydrogens (tertiary/aromatic N) is 4. The van der Waals surface area contributed by atoms with Crippen LogP contribution in [0.25, 0.3) is 105 Å². The predicted molar refractivity (Wildman–Crippen MR) is 278 cm³/mol. The monoisotopic (exact) mass is 858 g/mol. The molecule has 1 aliphatic rings. The van der Waals surface area contributed by atoms with E-state index >= 15 is 0 Å². The summed E-state index contributed by atoms with van der Waals surface area (Å²) < 4.78 is 9.48. The van der Waals surface area contributed by atoms with Gasteiger partial charge in [0.2, 0.25) is 0 Å². The third-order valence-corrected chi connectivity index (χ3v) is 14.4. The van der Waals surface area contributed by atoms with Crippen LogP contribution in [-0.2, 0) is 0 Å². The summed E-state index contributed by atoms with van der Waals surface area (Å²) in [6.07, 6.45) is 5.65. The fraction of sp³-hybridized carbons (Fsp3) is 0.0484. The average molecular weight is 859 g/mol. The highest BCUT2D eigenvalue weighted by Crippen LogP contribution is 2.42. The molecule has 1 aliphatic carbocycles. The molecule has 1 atom stereocenters. The molecule has 0 spiro atoms. The molecule has 13 aromatic rings. The van der Waals surface area contributed by atoms with Gasteiger partial charge in [0, 0.05) is 88.8 Å². The molecule has 0 saturated carbocycles. The van der Waals surface area contributed by atoms with Gasteiger partial charge in [0.1, 0.15) is 0 Å². The van der Waals surface area contributed by atoms with Crippen LogP contribution < -0.4 is 0 Å². The highest BCUT2D eigenvalue weighted by Gasteiger charge is 2.24. The van der Waals surface area contributed by atoms with E-state index in [1.807, 2.05) is 24.3 Å². The topological polar surface area (TPSA) is 36.8 Å². The Bertz CT molecular complexity index is 4160. The number of ketones is 1. The van der Waals surface area contributed by atoms with Crippen molar-refractivity contribution in [3.8, 4) is 22.7 Å². The maximum absolute atomic E-state index is 14.2. The van der Waals surface area contributed by atoms with Gasteiger partial charge in [0.15, 0.2) is 5.78 Å². The molecule has 1 unspecified atom stereocenters. The van der Waals surface area contributed by atoms with Crippen LogP contribution in [0.15, 0.2) is 212 Å². The van der Waals surface area contributed by atoms with Crippen LogP contribution in [0.3, 0.4) is 0 Å². The average Bonchev–Trinajstić information content (AvgIpc) is 4.11. The maximum Gasteiger partial charge on any atom is 0.193 e. The quantitative estimate of drug-likeness (QED) is 0.154. The number of aromatic nitrogens is 4.